The van der Waals surface area contributed by atoms with Gasteiger partial charge >= 0.3 is 0 Å². The van der Waals surface area contributed by atoms with E-state index in [1.165, 1.54) is 5.57 Å². The molecule has 2 fully saturated rings. The van der Waals surface area contributed by atoms with Crippen molar-refractivity contribution in [2.45, 2.75) is 102 Å². The molecule has 1 spiro atoms. The van der Waals surface area contributed by atoms with E-state index in [2.05, 4.69) is 38.1 Å². The van der Waals surface area contributed by atoms with Crippen LogP contribution < -0.4 is 0 Å². The number of aliphatic hydroxyl groups excluding tert-OH is 1. The molecule has 0 amide bonds. The van der Waals surface area contributed by atoms with Gasteiger partial charge in [0, 0.05) is 32.8 Å². The molecule has 0 radical (unpaired) electrons. The molecule has 0 saturated carbocycles. The largest absolute Gasteiger partial charge is 0.475 e. The van der Waals surface area contributed by atoms with Gasteiger partial charge in [-0.15, -0.1) is 0 Å². The maximum atomic E-state index is 12.2. The van der Waals surface area contributed by atoms with Crippen molar-refractivity contribution < 1.29 is 34.4 Å². The lowest BCUT2D eigenvalue weighted by atomic mass is 9.71. The van der Waals surface area contributed by atoms with Crippen LogP contribution in [0.3, 0.4) is 0 Å². The molecule has 3 N–H and O–H groups in total. The van der Waals surface area contributed by atoms with Crippen molar-refractivity contribution in [3.8, 4) is 0 Å². The third-order valence-corrected chi connectivity index (χ3v) is 8.82. The van der Waals surface area contributed by atoms with Crippen molar-refractivity contribution in [3.63, 3.8) is 0 Å². The summed E-state index contributed by atoms with van der Waals surface area (Å²) in [5, 5.41) is 36.4. The summed E-state index contributed by atoms with van der Waals surface area (Å²) < 4.78 is 25.1. The monoisotopic (exact) mass is 545 g/mol. The summed E-state index contributed by atoms with van der Waals surface area (Å²) in [6.07, 6.45) is 13.7. The van der Waals surface area contributed by atoms with Gasteiger partial charge in [-0.25, -0.2) is 0 Å². The fourth-order valence-corrected chi connectivity index (χ4v) is 6.50. The minimum Gasteiger partial charge on any atom is -0.475 e. The molecule has 0 unspecified atom stereocenters. The summed E-state index contributed by atoms with van der Waals surface area (Å²) in [5.74, 6) is -0.790. The van der Waals surface area contributed by atoms with Crippen LogP contribution >= 0.6 is 0 Å². The van der Waals surface area contributed by atoms with Crippen LogP contribution in [-0.2, 0) is 18.9 Å². The highest BCUT2D eigenvalue weighted by molar-refractivity contribution is 5.83. The predicted molar refractivity (Wildman–Crippen MR) is 149 cm³/mol. The summed E-state index contributed by atoms with van der Waals surface area (Å²) in [6.45, 7) is 8.67. The Morgan fingerprint density at radius 2 is 1.97 bits per heavy atom. The molecule has 2 bridgehead atoms. The van der Waals surface area contributed by atoms with Crippen molar-refractivity contribution in [2.75, 3.05) is 20.3 Å². The lowest BCUT2D eigenvalue weighted by molar-refractivity contribution is -0.313. The van der Waals surface area contributed by atoms with Gasteiger partial charge in [0.15, 0.2) is 5.79 Å². The first-order valence-corrected chi connectivity index (χ1v) is 14.4. The van der Waals surface area contributed by atoms with Crippen LogP contribution in [0.2, 0.25) is 0 Å². The van der Waals surface area contributed by atoms with E-state index in [1.807, 2.05) is 19.1 Å². The Labute approximate surface area is 233 Å². The number of fused-ring (bicyclic) bond motifs is 3. The molecule has 8 nitrogen and oxygen atoms in total. The Kier molecular flexibility index (Phi) is 9.76. The molecule has 0 aromatic rings. The maximum absolute atomic E-state index is 12.2. The average molecular weight is 546 g/mol. The van der Waals surface area contributed by atoms with Crippen molar-refractivity contribution in [1.29, 1.82) is 0 Å². The molecule has 8 atom stereocenters. The first kappa shape index (κ1) is 30.0. The van der Waals surface area contributed by atoms with Crippen LogP contribution in [0.15, 0.2) is 52.3 Å². The first-order chi connectivity index (χ1) is 18.6. The second-order valence-electron chi connectivity index (χ2n) is 12.2. The Bertz CT molecular complexity index is 1010. The zero-order valence-electron chi connectivity index (χ0n) is 24.1. The SMILES string of the molecule is CO[C@H]1C[C@@]2(O)/C(CO)=C/C=C/[C@H](C)C/C(C)=C/C[C@@H]3C[C@@H](C[C@]4(CC[C@H](C)CO4)O3)O/C(=N\O)[C@@H]2C=C1C. The third-order valence-electron chi connectivity index (χ3n) is 8.82. The fraction of sp³-hybridized carbons (Fsp3) is 0.710. The van der Waals surface area contributed by atoms with Crippen LogP contribution in [-0.4, -0.2) is 71.3 Å². The minimum absolute atomic E-state index is 0.0203. The van der Waals surface area contributed by atoms with Crippen LogP contribution in [0, 0.1) is 17.8 Å². The standard InChI is InChI=1S/C31H47NO7/c1-20-7-6-8-24(18-33)31(34)17-28(36-5)23(4)14-27(31)29(32-35)38-26-15-25(10-9-21(2)13-20)39-30(16-26)12-11-22(3)19-37-30/h6-9,14,20,22,25-28,33-35H,10-13,15-19H2,1-5H3/b7-6+,21-9+,24-8+,32-29-/t20-,22-,25+,26-,27-,28-,30-,31+/m0/s1. The van der Waals surface area contributed by atoms with Crippen LogP contribution in [0.5, 0.6) is 0 Å². The second-order valence-corrected chi connectivity index (χ2v) is 12.2. The van der Waals surface area contributed by atoms with E-state index in [0.717, 1.165) is 31.3 Å². The molecule has 0 aromatic heterocycles. The molecule has 1 aliphatic carbocycles. The maximum Gasteiger partial charge on any atom is 0.236 e. The van der Waals surface area contributed by atoms with Gasteiger partial charge in [0.1, 0.15) is 11.7 Å². The average Bonchev–Trinajstić information content (AvgIpc) is 2.91. The minimum atomic E-state index is -1.57. The third kappa shape index (κ3) is 6.85. The van der Waals surface area contributed by atoms with E-state index < -0.39 is 17.3 Å². The Hall–Kier alpha value is -1.97. The molecule has 8 heteroatoms. The quantitative estimate of drug-likeness (QED) is 0.253. The highest BCUT2D eigenvalue weighted by atomic mass is 16.7. The summed E-state index contributed by atoms with van der Waals surface area (Å²) in [5.41, 5.74) is 1.02. The van der Waals surface area contributed by atoms with Gasteiger partial charge in [0.25, 0.3) is 0 Å². The molecule has 3 aliphatic heterocycles. The van der Waals surface area contributed by atoms with Crippen molar-refractivity contribution in [3.05, 3.63) is 47.1 Å². The number of hydrogen-bond donors (Lipinski definition) is 3. The highest BCUT2D eigenvalue weighted by Crippen LogP contribution is 2.43. The van der Waals surface area contributed by atoms with E-state index in [0.29, 0.717) is 30.9 Å². The van der Waals surface area contributed by atoms with Crippen molar-refractivity contribution in [2.24, 2.45) is 22.9 Å². The van der Waals surface area contributed by atoms with Crippen LogP contribution in [0.4, 0.5) is 0 Å². The molecule has 3 heterocycles. The van der Waals surface area contributed by atoms with Gasteiger partial charge in [-0.2, -0.15) is 0 Å². The lowest BCUT2D eigenvalue weighted by Gasteiger charge is -2.48. The molecule has 4 aliphatic rings. The van der Waals surface area contributed by atoms with E-state index >= 15 is 0 Å². The van der Waals surface area contributed by atoms with Crippen LogP contribution in [0.25, 0.3) is 0 Å². The van der Waals surface area contributed by atoms with Gasteiger partial charge in [0.2, 0.25) is 5.90 Å². The van der Waals surface area contributed by atoms with Gasteiger partial charge in [-0.3, -0.25) is 0 Å². The number of ether oxygens (including phenoxy) is 4. The van der Waals surface area contributed by atoms with Gasteiger partial charge in [-0.1, -0.05) is 55.0 Å². The number of allylic oxidation sites excluding steroid dienone is 4. The highest BCUT2D eigenvalue weighted by Gasteiger charge is 2.50. The van der Waals surface area contributed by atoms with Crippen molar-refractivity contribution >= 4 is 5.90 Å². The number of hydrogen-bond acceptors (Lipinski definition) is 8. The molecule has 39 heavy (non-hydrogen) atoms. The Morgan fingerprint density at radius 3 is 2.64 bits per heavy atom. The van der Waals surface area contributed by atoms with Gasteiger partial charge in [0.05, 0.1) is 31.3 Å². The molecular weight excluding hydrogens is 498 g/mol. The zero-order chi connectivity index (χ0) is 28.2. The van der Waals surface area contributed by atoms with Crippen LogP contribution in [0.1, 0.15) is 72.6 Å². The fourth-order valence-electron chi connectivity index (χ4n) is 6.50. The summed E-state index contributed by atoms with van der Waals surface area (Å²) in [6, 6.07) is 0. The van der Waals surface area contributed by atoms with Gasteiger partial charge in [-0.05, 0) is 56.1 Å². The topological polar surface area (TPSA) is 110 Å². The number of aliphatic hydroxyl groups is 2. The summed E-state index contributed by atoms with van der Waals surface area (Å²) in [4.78, 5) is 0. The molecule has 4 rings (SSSR count). The van der Waals surface area contributed by atoms with E-state index in [9.17, 15) is 15.4 Å². The number of oxime groups is 1. The summed E-state index contributed by atoms with van der Waals surface area (Å²) in [7, 11) is 1.60. The zero-order valence-corrected chi connectivity index (χ0v) is 24.1. The normalized spacial score (nSPS) is 44.8. The molecule has 218 valence electrons. The Balaban J connectivity index is 1.76. The van der Waals surface area contributed by atoms with E-state index in [-0.39, 0.29) is 43.2 Å². The smallest absolute Gasteiger partial charge is 0.236 e. The second kappa shape index (κ2) is 12.7. The predicted octanol–water partition coefficient (Wildman–Crippen LogP) is 5.04. The van der Waals surface area contributed by atoms with E-state index in [1.54, 1.807) is 13.2 Å². The first-order valence-electron chi connectivity index (χ1n) is 14.4. The number of methoxy groups -OCH3 is 1. The van der Waals surface area contributed by atoms with Crippen molar-refractivity contribution in [1.82, 2.24) is 0 Å². The molecule has 0 aromatic carbocycles. The summed E-state index contributed by atoms with van der Waals surface area (Å²) >= 11 is 0. The lowest BCUT2D eigenvalue weighted by Crippen LogP contribution is -2.54. The van der Waals surface area contributed by atoms with Gasteiger partial charge < -0.3 is 34.4 Å². The molecular formula is C31H47NO7. The Morgan fingerprint density at radius 1 is 1.18 bits per heavy atom. The number of rotatable bonds is 2. The van der Waals surface area contributed by atoms with E-state index in [4.69, 9.17) is 18.9 Å². The molecule has 2 saturated heterocycles. The number of nitrogens with zero attached hydrogens (tertiary/aromatic N) is 1.